The minimum atomic E-state index is -0.473. The van der Waals surface area contributed by atoms with Crippen molar-refractivity contribution < 1.29 is 14.3 Å². The predicted octanol–water partition coefficient (Wildman–Crippen LogP) is 4.44. The van der Waals surface area contributed by atoms with Gasteiger partial charge in [-0.2, -0.15) is 0 Å². The largest absolute Gasteiger partial charge is 0.482 e. The molecule has 0 spiro atoms. The van der Waals surface area contributed by atoms with E-state index < -0.39 is 5.97 Å². The second-order valence-corrected chi connectivity index (χ2v) is 6.71. The number of carbonyl (C=O) groups excluding carboxylic acids is 1. The van der Waals surface area contributed by atoms with Crippen LogP contribution >= 0.6 is 0 Å². The van der Waals surface area contributed by atoms with E-state index in [0.29, 0.717) is 17.4 Å². The number of carbonyl (C=O) groups is 1. The fourth-order valence-corrected chi connectivity index (χ4v) is 2.87. The number of esters is 1. The maximum Gasteiger partial charge on any atom is 0.349 e. The lowest BCUT2D eigenvalue weighted by atomic mass is 10.1. The minimum absolute atomic E-state index is 0.166. The first-order valence-electron chi connectivity index (χ1n) is 8.98. The summed E-state index contributed by atoms with van der Waals surface area (Å²) in [6, 6.07) is 14.8. The highest BCUT2D eigenvalue weighted by atomic mass is 16.6. The van der Waals surface area contributed by atoms with Crippen LogP contribution in [-0.4, -0.2) is 22.5 Å². The first-order valence-corrected chi connectivity index (χ1v) is 8.98. The Bertz CT molecular complexity index is 962. The number of anilines is 2. The highest BCUT2D eigenvalue weighted by molar-refractivity contribution is 5.74. The molecule has 1 aromatic heterocycles. The molecular formula is C22H23N3O3. The van der Waals surface area contributed by atoms with E-state index in [9.17, 15) is 4.79 Å². The van der Waals surface area contributed by atoms with Gasteiger partial charge in [-0.3, -0.25) is 0 Å². The molecule has 0 saturated heterocycles. The zero-order chi connectivity index (χ0) is 20.1. The van der Waals surface area contributed by atoms with E-state index in [2.05, 4.69) is 15.3 Å². The molecule has 0 unspecified atom stereocenters. The predicted molar refractivity (Wildman–Crippen MR) is 108 cm³/mol. The van der Waals surface area contributed by atoms with Crippen LogP contribution in [0.5, 0.6) is 11.5 Å². The Labute approximate surface area is 164 Å². The SMILES string of the molecule is Cc1cc(C)cc(OCC(=O)Oc2cccc(Nc3nc(C)cc(C)n3)c2)c1. The lowest BCUT2D eigenvalue weighted by molar-refractivity contribution is -0.136. The van der Waals surface area contributed by atoms with E-state index in [-0.39, 0.29) is 6.61 Å². The molecule has 3 aromatic rings. The number of aryl methyl sites for hydroxylation is 4. The second kappa shape index (κ2) is 8.52. The van der Waals surface area contributed by atoms with Gasteiger partial charge in [0.2, 0.25) is 5.95 Å². The van der Waals surface area contributed by atoms with Crippen molar-refractivity contribution in [1.29, 1.82) is 0 Å². The summed E-state index contributed by atoms with van der Waals surface area (Å²) < 4.78 is 10.9. The van der Waals surface area contributed by atoms with Crippen molar-refractivity contribution in [2.45, 2.75) is 27.7 Å². The third-order valence-corrected chi connectivity index (χ3v) is 3.86. The van der Waals surface area contributed by atoms with Gasteiger partial charge in [-0.05, 0) is 69.2 Å². The Hall–Kier alpha value is -3.41. The summed E-state index contributed by atoms with van der Waals surface area (Å²) in [7, 11) is 0. The van der Waals surface area contributed by atoms with Crippen molar-refractivity contribution in [3.8, 4) is 11.5 Å². The Morgan fingerprint density at radius 1 is 0.893 bits per heavy atom. The van der Waals surface area contributed by atoms with Crippen molar-refractivity contribution in [3.05, 3.63) is 71.0 Å². The monoisotopic (exact) mass is 377 g/mol. The summed E-state index contributed by atoms with van der Waals surface area (Å²) in [6.45, 7) is 7.62. The third-order valence-electron chi connectivity index (χ3n) is 3.86. The Balaban J connectivity index is 1.61. The summed E-state index contributed by atoms with van der Waals surface area (Å²) in [6.07, 6.45) is 0. The lowest BCUT2D eigenvalue weighted by Crippen LogP contribution is -2.17. The molecule has 0 saturated carbocycles. The van der Waals surface area contributed by atoms with Crippen LogP contribution in [0.15, 0.2) is 48.5 Å². The quantitative estimate of drug-likeness (QED) is 0.506. The number of nitrogens with zero attached hydrogens (tertiary/aromatic N) is 2. The van der Waals surface area contributed by atoms with Gasteiger partial charge in [0.1, 0.15) is 11.5 Å². The molecular weight excluding hydrogens is 354 g/mol. The molecule has 6 nitrogen and oxygen atoms in total. The molecule has 0 atom stereocenters. The fourth-order valence-electron chi connectivity index (χ4n) is 2.87. The van der Waals surface area contributed by atoms with Gasteiger partial charge in [0.25, 0.3) is 0 Å². The third kappa shape index (κ3) is 5.54. The molecule has 0 aliphatic carbocycles. The number of ether oxygens (including phenoxy) is 2. The van der Waals surface area contributed by atoms with Crippen LogP contribution in [0.1, 0.15) is 22.5 Å². The van der Waals surface area contributed by atoms with Crippen molar-refractivity contribution in [3.63, 3.8) is 0 Å². The molecule has 3 rings (SSSR count). The molecule has 1 heterocycles. The maximum absolute atomic E-state index is 12.1. The van der Waals surface area contributed by atoms with E-state index in [1.165, 1.54) is 0 Å². The molecule has 144 valence electrons. The van der Waals surface area contributed by atoms with Gasteiger partial charge in [0, 0.05) is 23.1 Å². The van der Waals surface area contributed by atoms with E-state index >= 15 is 0 Å². The Kier molecular flexibility index (Phi) is 5.89. The van der Waals surface area contributed by atoms with Gasteiger partial charge in [0.05, 0.1) is 0 Å². The molecule has 1 N–H and O–H groups in total. The van der Waals surface area contributed by atoms with Crippen LogP contribution in [-0.2, 0) is 4.79 Å². The van der Waals surface area contributed by atoms with Gasteiger partial charge < -0.3 is 14.8 Å². The lowest BCUT2D eigenvalue weighted by Gasteiger charge is -2.10. The standard InChI is InChI=1S/C22H23N3O3/c1-14-8-15(2)10-20(9-14)27-13-21(26)28-19-7-5-6-18(12-19)25-22-23-16(3)11-17(4)24-22/h5-12H,13H2,1-4H3,(H,23,24,25). The van der Waals surface area contributed by atoms with Crippen LogP contribution in [0.25, 0.3) is 0 Å². The summed E-state index contributed by atoms with van der Waals surface area (Å²) in [5.74, 6) is 1.10. The highest BCUT2D eigenvalue weighted by Crippen LogP contribution is 2.21. The number of rotatable bonds is 6. The summed E-state index contributed by atoms with van der Waals surface area (Å²) >= 11 is 0. The number of nitrogens with one attached hydrogen (secondary N) is 1. The van der Waals surface area contributed by atoms with Crippen molar-refractivity contribution >= 4 is 17.6 Å². The average Bonchev–Trinajstić information content (AvgIpc) is 2.58. The molecule has 0 fully saturated rings. The van der Waals surface area contributed by atoms with E-state index in [4.69, 9.17) is 9.47 Å². The van der Waals surface area contributed by atoms with Crippen LogP contribution in [0.2, 0.25) is 0 Å². The smallest absolute Gasteiger partial charge is 0.349 e. The number of hydrogen-bond donors (Lipinski definition) is 1. The molecule has 0 bridgehead atoms. The molecule has 0 aliphatic heterocycles. The Morgan fingerprint density at radius 2 is 1.57 bits per heavy atom. The van der Waals surface area contributed by atoms with Crippen molar-refractivity contribution in [2.24, 2.45) is 0 Å². The summed E-state index contributed by atoms with van der Waals surface area (Å²) in [5, 5.41) is 3.12. The Morgan fingerprint density at radius 3 is 2.25 bits per heavy atom. The van der Waals surface area contributed by atoms with Gasteiger partial charge in [-0.15, -0.1) is 0 Å². The van der Waals surface area contributed by atoms with Gasteiger partial charge in [-0.25, -0.2) is 14.8 Å². The van der Waals surface area contributed by atoms with E-state index in [1.54, 1.807) is 18.2 Å². The fraction of sp³-hybridized carbons (Fsp3) is 0.227. The van der Waals surface area contributed by atoms with Crippen molar-refractivity contribution in [2.75, 3.05) is 11.9 Å². The average molecular weight is 377 g/mol. The minimum Gasteiger partial charge on any atom is -0.482 e. The molecule has 2 aromatic carbocycles. The summed E-state index contributed by atoms with van der Waals surface area (Å²) in [4.78, 5) is 20.8. The van der Waals surface area contributed by atoms with Crippen LogP contribution < -0.4 is 14.8 Å². The van der Waals surface area contributed by atoms with Crippen LogP contribution in [0, 0.1) is 27.7 Å². The molecule has 6 heteroatoms. The molecule has 0 aliphatic rings. The van der Waals surface area contributed by atoms with Gasteiger partial charge >= 0.3 is 5.97 Å². The molecule has 0 radical (unpaired) electrons. The normalized spacial score (nSPS) is 10.4. The second-order valence-electron chi connectivity index (χ2n) is 6.71. The number of hydrogen-bond acceptors (Lipinski definition) is 6. The maximum atomic E-state index is 12.1. The van der Waals surface area contributed by atoms with Gasteiger partial charge in [-0.1, -0.05) is 12.1 Å². The first-order chi connectivity index (χ1) is 13.4. The zero-order valence-electron chi connectivity index (χ0n) is 16.4. The van der Waals surface area contributed by atoms with Crippen LogP contribution in [0.3, 0.4) is 0 Å². The highest BCUT2D eigenvalue weighted by Gasteiger charge is 2.08. The first kappa shape index (κ1) is 19.4. The van der Waals surface area contributed by atoms with Gasteiger partial charge in [0.15, 0.2) is 6.61 Å². The zero-order valence-corrected chi connectivity index (χ0v) is 16.4. The van der Waals surface area contributed by atoms with Crippen molar-refractivity contribution in [1.82, 2.24) is 9.97 Å². The van der Waals surface area contributed by atoms with Crippen LogP contribution in [0.4, 0.5) is 11.6 Å². The molecule has 28 heavy (non-hydrogen) atoms. The molecule has 0 amide bonds. The number of aromatic nitrogens is 2. The topological polar surface area (TPSA) is 73.3 Å². The summed E-state index contributed by atoms with van der Waals surface area (Å²) in [5.41, 5.74) is 4.64. The number of benzene rings is 2. The van der Waals surface area contributed by atoms with E-state index in [1.807, 2.05) is 58.0 Å². The van der Waals surface area contributed by atoms with E-state index in [0.717, 1.165) is 28.2 Å².